The van der Waals surface area contributed by atoms with E-state index in [1.165, 1.54) is 29.0 Å². The molecule has 21 heavy (non-hydrogen) atoms. The molecule has 1 aliphatic carbocycles. The van der Waals surface area contributed by atoms with Crippen LogP contribution in [0.15, 0.2) is 28.7 Å². The van der Waals surface area contributed by atoms with Gasteiger partial charge in [-0.25, -0.2) is 4.98 Å². The molecule has 3 rings (SSSR count). The van der Waals surface area contributed by atoms with E-state index in [2.05, 4.69) is 60.2 Å². The molecule has 1 aliphatic rings. The van der Waals surface area contributed by atoms with Crippen LogP contribution in [0.5, 0.6) is 0 Å². The van der Waals surface area contributed by atoms with Crippen LogP contribution in [0, 0.1) is 0 Å². The van der Waals surface area contributed by atoms with Crippen molar-refractivity contribution in [1.29, 1.82) is 0 Å². The van der Waals surface area contributed by atoms with Gasteiger partial charge in [0.15, 0.2) is 0 Å². The molecular weight excluding hydrogens is 344 g/mol. The number of thiazole rings is 1. The Morgan fingerprint density at radius 3 is 2.62 bits per heavy atom. The van der Waals surface area contributed by atoms with Gasteiger partial charge >= 0.3 is 0 Å². The molecule has 0 spiro atoms. The predicted molar refractivity (Wildman–Crippen MR) is 93.8 cm³/mol. The summed E-state index contributed by atoms with van der Waals surface area (Å²) < 4.78 is 1.11. The number of halogens is 1. The third-order valence-electron chi connectivity index (χ3n) is 3.64. The summed E-state index contributed by atoms with van der Waals surface area (Å²) in [7, 11) is 0. The molecule has 1 N–H and O–H groups in total. The molecule has 0 atom stereocenters. The standard InChI is InChI=1S/C17H21BrN2S/c1-17(2,3)15-14(10-19-11-8-9-11)21-16(20-15)12-6-4-5-7-13(12)18/h4-7,11,19H,8-10H2,1-3H3. The second-order valence-corrected chi connectivity index (χ2v) is 8.61. The zero-order valence-electron chi connectivity index (χ0n) is 12.7. The highest BCUT2D eigenvalue weighted by Gasteiger charge is 2.26. The van der Waals surface area contributed by atoms with Gasteiger partial charge in [0.05, 0.1) is 5.69 Å². The molecule has 0 radical (unpaired) electrons. The topological polar surface area (TPSA) is 24.9 Å². The second kappa shape index (κ2) is 5.82. The highest BCUT2D eigenvalue weighted by molar-refractivity contribution is 9.10. The Bertz CT molecular complexity index is 638. The molecule has 1 aromatic heterocycles. The van der Waals surface area contributed by atoms with E-state index in [9.17, 15) is 0 Å². The van der Waals surface area contributed by atoms with Gasteiger partial charge < -0.3 is 5.32 Å². The van der Waals surface area contributed by atoms with E-state index in [0.717, 1.165) is 22.1 Å². The van der Waals surface area contributed by atoms with Crippen molar-refractivity contribution in [3.63, 3.8) is 0 Å². The van der Waals surface area contributed by atoms with Gasteiger partial charge in [0.2, 0.25) is 0 Å². The van der Waals surface area contributed by atoms with Crippen LogP contribution in [0.4, 0.5) is 0 Å². The number of nitrogens with zero attached hydrogens (tertiary/aromatic N) is 1. The van der Waals surface area contributed by atoms with Crippen molar-refractivity contribution in [3.8, 4) is 10.6 Å². The van der Waals surface area contributed by atoms with E-state index in [1.54, 1.807) is 0 Å². The highest BCUT2D eigenvalue weighted by Crippen LogP contribution is 2.37. The van der Waals surface area contributed by atoms with Crippen molar-refractivity contribution in [1.82, 2.24) is 10.3 Å². The molecule has 2 nitrogen and oxygen atoms in total. The van der Waals surface area contributed by atoms with Crippen LogP contribution >= 0.6 is 27.3 Å². The van der Waals surface area contributed by atoms with Crippen molar-refractivity contribution >= 4 is 27.3 Å². The third kappa shape index (κ3) is 3.55. The van der Waals surface area contributed by atoms with Gasteiger partial charge in [0.25, 0.3) is 0 Å². The number of aromatic nitrogens is 1. The summed E-state index contributed by atoms with van der Waals surface area (Å²) in [5.74, 6) is 0. The molecule has 1 saturated carbocycles. The first-order valence-electron chi connectivity index (χ1n) is 7.43. The molecule has 112 valence electrons. The molecule has 1 heterocycles. The van der Waals surface area contributed by atoms with E-state index in [1.807, 2.05) is 17.4 Å². The minimum Gasteiger partial charge on any atom is -0.309 e. The molecule has 4 heteroatoms. The van der Waals surface area contributed by atoms with Gasteiger partial charge in [-0.3, -0.25) is 0 Å². The predicted octanol–water partition coefficient (Wildman–Crippen LogP) is 5.12. The van der Waals surface area contributed by atoms with E-state index in [0.29, 0.717) is 0 Å². The fraction of sp³-hybridized carbons (Fsp3) is 0.471. The van der Waals surface area contributed by atoms with E-state index >= 15 is 0 Å². The fourth-order valence-electron chi connectivity index (χ4n) is 2.33. The SMILES string of the molecule is CC(C)(C)c1nc(-c2ccccc2Br)sc1CNC1CC1. The van der Waals surface area contributed by atoms with Crippen molar-refractivity contribution in [2.24, 2.45) is 0 Å². The molecule has 0 saturated heterocycles. The Labute approximate surface area is 139 Å². The minimum absolute atomic E-state index is 0.0799. The lowest BCUT2D eigenvalue weighted by Gasteiger charge is -2.17. The summed E-state index contributed by atoms with van der Waals surface area (Å²) in [5, 5.41) is 4.73. The van der Waals surface area contributed by atoms with E-state index in [-0.39, 0.29) is 5.41 Å². The van der Waals surface area contributed by atoms with Gasteiger partial charge in [-0.05, 0) is 18.9 Å². The first-order chi connectivity index (χ1) is 9.95. The smallest absolute Gasteiger partial charge is 0.125 e. The minimum atomic E-state index is 0.0799. The summed E-state index contributed by atoms with van der Waals surface area (Å²) in [6.45, 7) is 7.67. The first-order valence-corrected chi connectivity index (χ1v) is 9.04. The van der Waals surface area contributed by atoms with Gasteiger partial charge in [-0.15, -0.1) is 11.3 Å². The molecule has 0 amide bonds. The number of hydrogen-bond donors (Lipinski definition) is 1. The average Bonchev–Trinajstić information content (AvgIpc) is 3.14. The van der Waals surface area contributed by atoms with Gasteiger partial charge in [0, 0.05) is 32.9 Å². The summed E-state index contributed by atoms with van der Waals surface area (Å²) in [6.07, 6.45) is 2.64. The van der Waals surface area contributed by atoms with Crippen molar-refractivity contribution in [2.75, 3.05) is 0 Å². The Morgan fingerprint density at radius 1 is 1.29 bits per heavy atom. The monoisotopic (exact) mass is 364 g/mol. The molecule has 0 bridgehead atoms. The van der Waals surface area contributed by atoms with Crippen molar-refractivity contribution < 1.29 is 0 Å². The Kier molecular flexibility index (Phi) is 4.21. The molecular formula is C17H21BrN2S. The van der Waals surface area contributed by atoms with Crippen LogP contribution in [0.2, 0.25) is 0 Å². The molecule has 1 aromatic carbocycles. The highest BCUT2D eigenvalue weighted by atomic mass is 79.9. The largest absolute Gasteiger partial charge is 0.309 e. The number of benzene rings is 1. The van der Waals surface area contributed by atoms with Gasteiger partial charge in [-0.1, -0.05) is 54.9 Å². The number of hydrogen-bond acceptors (Lipinski definition) is 3. The van der Waals surface area contributed by atoms with Crippen LogP contribution in [-0.2, 0) is 12.0 Å². The number of nitrogens with one attached hydrogen (secondary N) is 1. The second-order valence-electron chi connectivity index (χ2n) is 6.68. The van der Waals surface area contributed by atoms with Crippen LogP contribution in [0.25, 0.3) is 10.6 Å². The molecule has 0 unspecified atom stereocenters. The maximum atomic E-state index is 4.96. The Hall–Kier alpha value is -0.710. The first kappa shape index (κ1) is 15.2. The zero-order chi connectivity index (χ0) is 15.0. The quantitative estimate of drug-likeness (QED) is 0.813. The average molecular weight is 365 g/mol. The zero-order valence-corrected chi connectivity index (χ0v) is 15.1. The van der Waals surface area contributed by atoms with Gasteiger partial charge in [-0.2, -0.15) is 0 Å². The summed E-state index contributed by atoms with van der Waals surface area (Å²) >= 11 is 5.46. The summed E-state index contributed by atoms with van der Waals surface area (Å²) in [6, 6.07) is 9.05. The Morgan fingerprint density at radius 2 is 2.00 bits per heavy atom. The van der Waals surface area contributed by atoms with Crippen LogP contribution < -0.4 is 5.32 Å². The third-order valence-corrected chi connectivity index (χ3v) is 5.42. The van der Waals surface area contributed by atoms with Crippen LogP contribution in [0.3, 0.4) is 0 Å². The van der Waals surface area contributed by atoms with Gasteiger partial charge in [0.1, 0.15) is 5.01 Å². The summed E-state index contributed by atoms with van der Waals surface area (Å²) in [5.41, 5.74) is 2.49. The Balaban J connectivity index is 1.96. The molecule has 0 aliphatic heterocycles. The fourth-order valence-corrected chi connectivity index (χ4v) is 4.20. The molecule has 2 aromatic rings. The summed E-state index contributed by atoms with van der Waals surface area (Å²) in [4.78, 5) is 6.33. The van der Waals surface area contributed by atoms with Crippen molar-refractivity contribution in [2.45, 2.75) is 51.6 Å². The lowest BCUT2D eigenvalue weighted by molar-refractivity contribution is 0.559. The van der Waals surface area contributed by atoms with E-state index < -0.39 is 0 Å². The van der Waals surface area contributed by atoms with E-state index in [4.69, 9.17) is 4.98 Å². The normalized spacial score (nSPS) is 15.4. The molecule has 1 fully saturated rings. The van der Waals surface area contributed by atoms with Crippen molar-refractivity contribution in [3.05, 3.63) is 39.3 Å². The number of rotatable bonds is 4. The lowest BCUT2D eigenvalue weighted by atomic mass is 9.91. The maximum absolute atomic E-state index is 4.96. The maximum Gasteiger partial charge on any atom is 0.125 e. The van der Waals surface area contributed by atoms with Crippen LogP contribution in [0.1, 0.15) is 44.2 Å². The van der Waals surface area contributed by atoms with Crippen LogP contribution in [-0.4, -0.2) is 11.0 Å². The lowest BCUT2D eigenvalue weighted by Crippen LogP contribution is -2.19.